The third kappa shape index (κ3) is 4.69. The lowest BCUT2D eigenvalue weighted by Gasteiger charge is -2.11. The summed E-state index contributed by atoms with van der Waals surface area (Å²) < 4.78 is 26.8. The highest BCUT2D eigenvalue weighted by molar-refractivity contribution is 9.10. The van der Waals surface area contributed by atoms with Crippen molar-refractivity contribution in [2.75, 3.05) is 13.1 Å². The van der Waals surface area contributed by atoms with E-state index in [2.05, 4.69) is 26.0 Å². The van der Waals surface area contributed by atoms with Crippen LogP contribution >= 0.6 is 15.9 Å². The number of carboxylic acid groups (broad SMARTS) is 1. The first kappa shape index (κ1) is 17.4. The number of carboxylic acids is 1. The van der Waals surface area contributed by atoms with Gasteiger partial charge in [-0.2, -0.15) is 0 Å². The molecule has 0 fully saturated rings. The fourth-order valence-electron chi connectivity index (χ4n) is 1.51. The zero-order chi connectivity index (χ0) is 16.2. The van der Waals surface area contributed by atoms with Crippen LogP contribution in [0.1, 0.15) is 15.9 Å². The summed E-state index contributed by atoms with van der Waals surface area (Å²) in [4.78, 5) is 21.3. The van der Waals surface area contributed by atoms with Gasteiger partial charge in [-0.3, -0.25) is 0 Å². The van der Waals surface area contributed by atoms with Gasteiger partial charge < -0.3 is 16.2 Å². The van der Waals surface area contributed by atoms with E-state index in [0.29, 0.717) is 5.56 Å². The molecule has 0 saturated carbocycles. The summed E-state index contributed by atoms with van der Waals surface area (Å²) >= 11 is 3.13. The van der Waals surface area contributed by atoms with Crippen molar-refractivity contribution in [1.29, 1.82) is 0 Å². The van der Waals surface area contributed by atoms with Gasteiger partial charge in [-0.25, -0.2) is 22.7 Å². The number of carbonyl (C=O) groups is 2. The number of nitrogens with one attached hydrogen (secondary N) is 2. The Morgan fingerprint density at radius 3 is 2.48 bits per heavy atom. The van der Waals surface area contributed by atoms with Crippen LogP contribution in [0.2, 0.25) is 0 Å². The van der Waals surface area contributed by atoms with Gasteiger partial charge in [0.1, 0.15) is 0 Å². The van der Waals surface area contributed by atoms with E-state index in [4.69, 9.17) is 10.8 Å². The summed E-state index contributed by atoms with van der Waals surface area (Å²) in [5.41, 5.74) is 5.19. The van der Waals surface area contributed by atoms with Gasteiger partial charge in [0.15, 0.2) is 0 Å². The van der Waals surface area contributed by atoms with E-state index in [0.717, 1.165) is 6.07 Å². The quantitative estimate of drug-likeness (QED) is 0.529. The SMILES string of the molecule is Cc1cc(C(=O)O)cc(S(=O)(=O)NCCNC(N)=O)c1Br. The Balaban J connectivity index is 3.02. The molecule has 5 N–H and O–H groups in total. The van der Waals surface area contributed by atoms with Gasteiger partial charge in [0.25, 0.3) is 0 Å². The smallest absolute Gasteiger partial charge is 0.335 e. The van der Waals surface area contributed by atoms with Crippen LogP contribution in [-0.4, -0.2) is 38.6 Å². The summed E-state index contributed by atoms with van der Waals surface area (Å²) in [7, 11) is -3.92. The fourth-order valence-corrected chi connectivity index (χ4v) is 3.58. The first-order valence-electron chi connectivity index (χ1n) is 5.71. The molecule has 1 aromatic rings. The van der Waals surface area contributed by atoms with Crippen molar-refractivity contribution >= 4 is 38.0 Å². The molecule has 0 heterocycles. The molecule has 0 unspecified atom stereocenters. The minimum absolute atomic E-state index is 0.0176. The highest BCUT2D eigenvalue weighted by atomic mass is 79.9. The second-order valence-corrected chi connectivity index (χ2v) is 6.63. The number of hydrogen-bond donors (Lipinski definition) is 4. The van der Waals surface area contributed by atoms with Gasteiger partial charge in [-0.05, 0) is 40.5 Å². The number of carbonyl (C=O) groups excluding carboxylic acids is 1. The largest absolute Gasteiger partial charge is 0.478 e. The second-order valence-electron chi connectivity index (χ2n) is 4.10. The average molecular weight is 380 g/mol. The van der Waals surface area contributed by atoms with Gasteiger partial charge >= 0.3 is 12.0 Å². The van der Waals surface area contributed by atoms with E-state index in [1.807, 2.05) is 0 Å². The Morgan fingerprint density at radius 1 is 1.33 bits per heavy atom. The molecule has 10 heteroatoms. The van der Waals surface area contributed by atoms with Gasteiger partial charge in [0, 0.05) is 17.6 Å². The maximum Gasteiger partial charge on any atom is 0.335 e. The molecule has 0 aliphatic rings. The monoisotopic (exact) mass is 379 g/mol. The summed E-state index contributed by atoms with van der Waals surface area (Å²) in [6.07, 6.45) is 0. The van der Waals surface area contributed by atoms with Gasteiger partial charge in [0.2, 0.25) is 10.0 Å². The Bertz CT molecular complexity index is 675. The molecule has 0 atom stereocenters. The predicted molar refractivity (Wildman–Crippen MR) is 78.6 cm³/mol. The summed E-state index contributed by atoms with van der Waals surface area (Å²) in [5.74, 6) is -1.22. The molecule has 8 nitrogen and oxygen atoms in total. The molecule has 0 saturated heterocycles. The Kier molecular flexibility index (Phi) is 5.70. The van der Waals surface area contributed by atoms with Crippen LogP contribution in [0.4, 0.5) is 4.79 Å². The fraction of sp³-hybridized carbons (Fsp3) is 0.273. The van der Waals surface area contributed by atoms with Gasteiger partial charge in [-0.15, -0.1) is 0 Å². The van der Waals surface area contributed by atoms with Crippen molar-refractivity contribution in [3.05, 3.63) is 27.7 Å². The van der Waals surface area contributed by atoms with Crippen LogP contribution in [0.3, 0.4) is 0 Å². The average Bonchev–Trinajstić information content (AvgIpc) is 2.37. The number of urea groups is 1. The Hall–Kier alpha value is -1.65. The molecular formula is C11H14BrN3O5S. The van der Waals surface area contributed by atoms with Crippen LogP contribution < -0.4 is 15.8 Å². The van der Waals surface area contributed by atoms with Gasteiger partial charge in [0.05, 0.1) is 10.5 Å². The number of benzene rings is 1. The highest BCUT2D eigenvalue weighted by Gasteiger charge is 2.21. The van der Waals surface area contributed by atoms with Gasteiger partial charge in [-0.1, -0.05) is 0 Å². The van der Waals surface area contributed by atoms with E-state index in [1.165, 1.54) is 6.07 Å². The summed E-state index contributed by atoms with van der Waals surface area (Å²) in [6, 6.07) is 1.66. The standard InChI is InChI=1S/C11H14BrN3O5S/c1-6-4-7(10(16)17)5-8(9(6)12)21(19,20)15-3-2-14-11(13)18/h4-5,15H,2-3H2,1H3,(H,16,17)(H3,13,14,18). The number of primary amides is 1. The van der Waals surface area contributed by atoms with Crippen molar-refractivity contribution < 1.29 is 23.1 Å². The van der Waals surface area contributed by atoms with Crippen molar-refractivity contribution in [2.45, 2.75) is 11.8 Å². The van der Waals surface area contributed by atoms with Crippen molar-refractivity contribution in [2.24, 2.45) is 5.73 Å². The van der Waals surface area contributed by atoms with Crippen LogP contribution in [0.15, 0.2) is 21.5 Å². The van der Waals surface area contributed by atoms with Crippen LogP contribution in [0.25, 0.3) is 0 Å². The number of rotatable bonds is 6. The van der Waals surface area contributed by atoms with Crippen molar-refractivity contribution in [3.63, 3.8) is 0 Å². The number of sulfonamides is 1. The molecule has 21 heavy (non-hydrogen) atoms. The molecular weight excluding hydrogens is 366 g/mol. The van der Waals surface area contributed by atoms with Crippen LogP contribution in [-0.2, 0) is 10.0 Å². The molecule has 0 aliphatic heterocycles. The first-order valence-corrected chi connectivity index (χ1v) is 7.99. The maximum absolute atomic E-state index is 12.1. The number of aryl methyl sites for hydroxylation is 1. The molecule has 0 aromatic heterocycles. The van der Waals surface area contributed by atoms with Crippen molar-refractivity contribution in [1.82, 2.24) is 10.0 Å². The third-order valence-corrected chi connectivity index (χ3v) is 5.27. The second kappa shape index (κ2) is 6.87. The Labute approximate surface area is 129 Å². The maximum atomic E-state index is 12.1. The highest BCUT2D eigenvalue weighted by Crippen LogP contribution is 2.27. The zero-order valence-electron chi connectivity index (χ0n) is 11.0. The molecule has 2 amide bonds. The molecule has 0 aliphatic carbocycles. The molecule has 0 spiro atoms. The van der Waals surface area contributed by atoms with Crippen LogP contribution in [0, 0.1) is 6.92 Å². The first-order chi connectivity index (χ1) is 9.65. The zero-order valence-corrected chi connectivity index (χ0v) is 13.4. The lowest BCUT2D eigenvalue weighted by molar-refractivity contribution is 0.0696. The number of aromatic carboxylic acids is 1. The molecule has 116 valence electrons. The Morgan fingerprint density at radius 2 is 1.95 bits per heavy atom. The summed E-state index contributed by atoms with van der Waals surface area (Å²) in [6.45, 7) is 1.53. The lowest BCUT2D eigenvalue weighted by atomic mass is 10.1. The van der Waals surface area contributed by atoms with E-state index < -0.39 is 22.0 Å². The third-order valence-electron chi connectivity index (χ3n) is 2.47. The molecule has 1 rings (SSSR count). The van der Waals surface area contributed by atoms with E-state index >= 15 is 0 Å². The molecule has 1 aromatic carbocycles. The molecule has 0 radical (unpaired) electrons. The number of halogens is 1. The predicted octanol–water partition coefficient (Wildman–Crippen LogP) is 0.402. The lowest BCUT2D eigenvalue weighted by Crippen LogP contribution is -2.37. The van der Waals surface area contributed by atoms with E-state index in [1.54, 1.807) is 6.92 Å². The number of nitrogens with two attached hydrogens (primary N) is 1. The minimum atomic E-state index is -3.92. The topological polar surface area (TPSA) is 139 Å². The normalized spacial score (nSPS) is 11.1. The van der Waals surface area contributed by atoms with E-state index in [-0.39, 0.29) is 28.0 Å². The molecule has 0 bridgehead atoms. The summed E-state index contributed by atoms with van der Waals surface area (Å²) in [5, 5.41) is 11.2. The minimum Gasteiger partial charge on any atom is -0.478 e. The number of hydrogen-bond acceptors (Lipinski definition) is 4. The number of amides is 2. The van der Waals surface area contributed by atoms with Crippen molar-refractivity contribution in [3.8, 4) is 0 Å². The van der Waals surface area contributed by atoms with E-state index in [9.17, 15) is 18.0 Å². The van der Waals surface area contributed by atoms with Crippen LogP contribution in [0.5, 0.6) is 0 Å².